The molecule has 2 aliphatic carbocycles. The van der Waals surface area contributed by atoms with E-state index in [0.29, 0.717) is 12.0 Å². The number of anilines is 2. The first-order chi connectivity index (χ1) is 15.1. The van der Waals surface area contributed by atoms with E-state index in [-0.39, 0.29) is 11.8 Å². The fourth-order valence-corrected chi connectivity index (χ4v) is 5.49. The van der Waals surface area contributed by atoms with Crippen molar-refractivity contribution in [3.63, 3.8) is 0 Å². The monoisotopic (exact) mass is 425 g/mol. The van der Waals surface area contributed by atoms with E-state index in [4.69, 9.17) is 0 Å². The van der Waals surface area contributed by atoms with Crippen LogP contribution in [0.2, 0.25) is 0 Å². The number of nitrogens with one attached hydrogen (secondary N) is 1. The number of aryl methyl sites for hydroxylation is 1. The zero-order valence-corrected chi connectivity index (χ0v) is 19.2. The van der Waals surface area contributed by atoms with Gasteiger partial charge in [0, 0.05) is 43.0 Å². The molecule has 0 aromatic heterocycles. The smallest absolute Gasteiger partial charge is 0.227 e. The number of amides is 2. The Kier molecular flexibility index (Phi) is 7.52. The molecule has 1 aromatic rings. The van der Waals surface area contributed by atoms with Crippen LogP contribution in [0.1, 0.15) is 76.2 Å². The summed E-state index contributed by atoms with van der Waals surface area (Å²) in [7, 11) is 0. The second-order valence-electron chi connectivity index (χ2n) is 10.00. The minimum absolute atomic E-state index is 0.169. The Bertz CT molecular complexity index is 755. The van der Waals surface area contributed by atoms with Crippen molar-refractivity contribution in [3.05, 3.63) is 23.8 Å². The maximum atomic E-state index is 12.0. The summed E-state index contributed by atoms with van der Waals surface area (Å²) in [4.78, 5) is 28.2. The van der Waals surface area contributed by atoms with Crippen molar-refractivity contribution >= 4 is 23.7 Å². The van der Waals surface area contributed by atoms with Gasteiger partial charge in [-0.3, -0.25) is 9.59 Å². The molecule has 1 heterocycles. The Morgan fingerprint density at radius 3 is 2.65 bits per heavy atom. The minimum Gasteiger partial charge on any atom is -0.371 e. The van der Waals surface area contributed by atoms with Crippen molar-refractivity contribution in [1.29, 1.82) is 0 Å². The number of carbonyl (C=O) groups excluding carboxylic acids is 2. The summed E-state index contributed by atoms with van der Waals surface area (Å²) in [5, 5.41) is 3.06. The van der Waals surface area contributed by atoms with E-state index in [1.165, 1.54) is 62.6 Å². The fourth-order valence-electron chi connectivity index (χ4n) is 5.49. The van der Waals surface area contributed by atoms with Crippen molar-refractivity contribution in [2.75, 3.05) is 29.9 Å². The first-order valence-corrected chi connectivity index (χ1v) is 12.5. The molecule has 5 heteroatoms. The van der Waals surface area contributed by atoms with Crippen LogP contribution in [0.3, 0.4) is 0 Å². The van der Waals surface area contributed by atoms with Crippen molar-refractivity contribution < 1.29 is 9.59 Å². The molecule has 1 aromatic carbocycles. The van der Waals surface area contributed by atoms with Crippen molar-refractivity contribution in [1.82, 2.24) is 4.90 Å². The van der Waals surface area contributed by atoms with Gasteiger partial charge in [-0.15, -0.1) is 0 Å². The standard InChI is InChI=1S/C26H39N3O2/c1-20-17-23(27-26(31)22-11-12-22)13-14-25(20)28-15-5-7-21(18-28)8-6-16-29(19-30)24-9-3-2-4-10-24/h13-14,17,19,21-22,24H,2-12,15-16,18H2,1H3,(H,27,31). The highest BCUT2D eigenvalue weighted by Crippen LogP contribution is 2.32. The first-order valence-electron chi connectivity index (χ1n) is 12.5. The zero-order chi connectivity index (χ0) is 21.6. The number of benzene rings is 1. The molecule has 4 rings (SSSR count). The van der Waals surface area contributed by atoms with E-state index in [2.05, 4.69) is 40.2 Å². The van der Waals surface area contributed by atoms with E-state index in [1.807, 2.05) is 0 Å². The van der Waals surface area contributed by atoms with E-state index in [0.717, 1.165) is 51.0 Å². The van der Waals surface area contributed by atoms with Crippen molar-refractivity contribution in [2.24, 2.45) is 11.8 Å². The van der Waals surface area contributed by atoms with Gasteiger partial charge in [-0.25, -0.2) is 0 Å². The lowest BCUT2D eigenvalue weighted by Gasteiger charge is -2.36. The topological polar surface area (TPSA) is 52.7 Å². The molecule has 1 atom stereocenters. The number of nitrogens with zero attached hydrogens (tertiary/aromatic N) is 2. The van der Waals surface area contributed by atoms with Gasteiger partial charge in [0.25, 0.3) is 0 Å². The van der Waals surface area contributed by atoms with Gasteiger partial charge in [-0.2, -0.15) is 0 Å². The summed E-state index contributed by atoms with van der Waals surface area (Å²) in [6.45, 7) is 5.27. The van der Waals surface area contributed by atoms with Gasteiger partial charge in [-0.05, 0) is 88.0 Å². The van der Waals surface area contributed by atoms with E-state index < -0.39 is 0 Å². The number of rotatable bonds is 9. The lowest BCUT2D eigenvalue weighted by Crippen LogP contribution is -2.38. The molecule has 5 nitrogen and oxygen atoms in total. The predicted molar refractivity (Wildman–Crippen MR) is 126 cm³/mol. The molecule has 3 aliphatic rings. The van der Waals surface area contributed by atoms with Crippen molar-refractivity contribution in [2.45, 2.75) is 83.6 Å². The average Bonchev–Trinajstić information content (AvgIpc) is 3.63. The van der Waals surface area contributed by atoms with Gasteiger partial charge in [-0.1, -0.05) is 19.3 Å². The van der Waals surface area contributed by atoms with E-state index in [1.54, 1.807) is 0 Å². The second kappa shape index (κ2) is 10.5. The second-order valence-corrected chi connectivity index (χ2v) is 10.00. The Balaban J connectivity index is 1.26. The zero-order valence-electron chi connectivity index (χ0n) is 19.2. The third-order valence-electron chi connectivity index (χ3n) is 7.48. The molecular formula is C26H39N3O2. The summed E-state index contributed by atoms with van der Waals surface area (Å²) >= 11 is 0. The quantitative estimate of drug-likeness (QED) is 0.558. The summed E-state index contributed by atoms with van der Waals surface area (Å²) in [5.74, 6) is 1.10. The van der Waals surface area contributed by atoms with Crippen LogP contribution in [0.15, 0.2) is 18.2 Å². The fraction of sp³-hybridized carbons (Fsp3) is 0.692. The van der Waals surface area contributed by atoms with Gasteiger partial charge in [0.05, 0.1) is 0 Å². The summed E-state index contributed by atoms with van der Waals surface area (Å²) < 4.78 is 0. The van der Waals surface area contributed by atoms with Crippen LogP contribution in [0, 0.1) is 18.8 Å². The third-order valence-corrected chi connectivity index (χ3v) is 7.48. The SMILES string of the molecule is Cc1cc(NC(=O)C2CC2)ccc1N1CCCC(CCCN(C=O)C2CCCCC2)C1. The molecular weight excluding hydrogens is 386 g/mol. The summed E-state index contributed by atoms with van der Waals surface area (Å²) in [6, 6.07) is 6.83. The predicted octanol–water partition coefficient (Wildman–Crippen LogP) is 5.13. The van der Waals surface area contributed by atoms with E-state index >= 15 is 0 Å². The lowest BCUT2D eigenvalue weighted by atomic mass is 9.91. The van der Waals surface area contributed by atoms with Gasteiger partial charge in [0.15, 0.2) is 0 Å². The highest BCUT2D eigenvalue weighted by Gasteiger charge is 2.29. The molecule has 1 aliphatic heterocycles. The molecule has 2 saturated carbocycles. The molecule has 1 saturated heterocycles. The molecule has 0 spiro atoms. The summed E-state index contributed by atoms with van der Waals surface area (Å²) in [5.41, 5.74) is 3.45. The first kappa shape index (κ1) is 22.2. The minimum atomic E-state index is 0.169. The van der Waals surface area contributed by atoms with Crippen molar-refractivity contribution in [3.8, 4) is 0 Å². The Hall–Kier alpha value is -2.04. The number of piperidine rings is 1. The van der Waals surface area contributed by atoms with Gasteiger partial charge < -0.3 is 15.1 Å². The molecule has 1 unspecified atom stereocenters. The van der Waals surface area contributed by atoms with Crippen LogP contribution in [0.25, 0.3) is 0 Å². The maximum absolute atomic E-state index is 12.0. The molecule has 170 valence electrons. The van der Waals surface area contributed by atoms with Crippen LogP contribution in [0.4, 0.5) is 11.4 Å². The Morgan fingerprint density at radius 1 is 1.13 bits per heavy atom. The molecule has 0 radical (unpaired) electrons. The van der Waals surface area contributed by atoms with E-state index in [9.17, 15) is 9.59 Å². The Labute approximate surface area is 187 Å². The molecule has 31 heavy (non-hydrogen) atoms. The van der Waals surface area contributed by atoms with Gasteiger partial charge >= 0.3 is 0 Å². The number of hydrogen-bond acceptors (Lipinski definition) is 3. The molecule has 0 bridgehead atoms. The van der Waals surface area contributed by atoms with Crippen LogP contribution in [-0.4, -0.2) is 42.9 Å². The number of hydrogen-bond donors (Lipinski definition) is 1. The van der Waals surface area contributed by atoms with Crippen LogP contribution < -0.4 is 10.2 Å². The van der Waals surface area contributed by atoms with Gasteiger partial charge in [0.1, 0.15) is 0 Å². The molecule has 2 amide bonds. The van der Waals surface area contributed by atoms with Crippen LogP contribution >= 0.6 is 0 Å². The number of carbonyl (C=O) groups is 2. The summed E-state index contributed by atoms with van der Waals surface area (Å²) in [6.07, 6.45) is 14.2. The van der Waals surface area contributed by atoms with Crippen LogP contribution in [0.5, 0.6) is 0 Å². The Morgan fingerprint density at radius 2 is 1.94 bits per heavy atom. The highest BCUT2D eigenvalue weighted by molar-refractivity contribution is 5.94. The normalized spacial score (nSPS) is 22.2. The average molecular weight is 426 g/mol. The molecule has 1 N–H and O–H groups in total. The maximum Gasteiger partial charge on any atom is 0.227 e. The third kappa shape index (κ3) is 6.02. The highest BCUT2D eigenvalue weighted by atomic mass is 16.2. The van der Waals surface area contributed by atoms with Gasteiger partial charge in [0.2, 0.25) is 12.3 Å². The molecule has 3 fully saturated rings. The van der Waals surface area contributed by atoms with Crippen LogP contribution in [-0.2, 0) is 9.59 Å². The lowest BCUT2D eigenvalue weighted by molar-refractivity contribution is -0.121. The largest absolute Gasteiger partial charge is 0.371 e.